The molecular weight excluding hydrogens is 352 g/mol. The van der Waals surface area contributed by atoms with Gasteiger partial charge < -0.3 is 9.47 Å². The van der Waals surface area contributed by atoms with Crippen LogP contribution in [0.3, 0.4) is 0 Å². The van der Waals surface area contributed by atoms with Crippen LogP contribution in [-0.4, -0.2) is 24.6 Å². The molecule has 0 N–H and O–H groups in total. The summed E-state index contributed by atoms with van der Waals surface area (Å²) in [6, 6.07) is 0. The molecule has 0 saturated heterocycles. The minimum absolute atomic E-state index is 0.0316. The van der Waals surface area contributed by atoms with Gasteiger partial charge >= 0.3 is 11.9 Å². The Morgan fingerprint density at radius 2 is 1.11 bits per heavy atom. The van der Waals surface area contributed by atoms with Gasteiger partial charge in [0.05, 0.1) is 6.61 Å². The number of ether oxygens (including phenoxy) is 2. The quantitative estimate of drug-likeness (QED) is 0.162. The van der Waals surface area contributed by atoms with E-state index in [1.54, 1.807) is 0 Å². The first-order valence-corrected chi connectivity index (χ1v) is 12.0. The van der Waals surface area contributed by atoms with Crippen LogP contribution in [0.4, 0.5) is 0 Å². The van der Waals surface area contributed by atoms with E-state index in [1.165, 1.54) is 38.5 Å². The van der Waals surface area contributed by atoms with Gasteiger partial charge in [0, 0.05) is 12.8 Å². The zero-order valence-corrected chi connectivity index (χ0v) is 18.9. The normalized spacial score (nSPS) is 12.0. The van der Waals surface area contributed by atoms with Gasteiger partial charge in [-0.2, -0.15) is 0 Å². The third-order valence-electron chi connectivity index (χ3n) is 5.08. The molecule has 0 radical (unpaired) electrons. The third kappa shape index (κ3) is 18.3. The molecule has 0 aliphatic carbocycles. The van der Waals surface area contributed by atoms with E-state index in [1.807, 2.05) is 0 Å². The molecule has 4 heteroatoms. The van der Waals surface area contributed by atoms with Crippen molar-refractivity contribution in [2.24, 2.45) is 0 Å². The van der Waals surface area contributed by atoms with Crippen molar-refractivity contribution in [2.75, 3.05) is 6.61 Å². The molecule has 0 aliphatic heterocycles. The van der Waals surface area contributed by atoms with Crippen molar-refractivity contribution in [3.63, 3.8) is 0 Å². The van der Waals surface area contributed by atoms with Gasteiger partial charge in [0.1, 0.15) is 6.10 Å². The molecule has 0 aromatic heterocycles. The highest BCUT2D eigenvalue weighted by Crippen LogP contribution is 2.14. The summed E-state index contributed by atoms with van der Waals surface area (Å²) in [6.45, 7) is 6.96. The van der Waals surface area contributed by atoms with E-state index in [0.29, 0.717) is 19.4 Å². The molecule has 0 aliphatic rings. The fourth-order valence-corrected chi connectivity index (χ4v) is 3.25. The van der Waals surface area contributed by atoms with Crippen LogP contribution in [0.2, 0.25) is 0 Å². The number of unbranched alkanes of at least 4 members (excludes halogenated alkanes) is 9. The molecule has 0 spiro atoms. The Hall–Kier alpha value is -1.06. The number of carbonyl (C=O) groups is 2. The lowest BCUT2D eigenvalue weighted by molar-refractivity contribution is -0.151. The fourth-order valence-electron chi connectivity index (χ4n) is 3.25. The molecule has 0 rings (SSSR count). The highest BCUT2D eigenvalue weighted by atomic mass is 16.5. The summed E-state index contributed by atoms with van der Waals surface area (Å²) < 4.78 is 11.0. The van der Waals surface area contributed by atoms with E-state index in [2.05, 4.69) is 20.8 Å². The number of hydrogen-bond donors (Lipinski definition) is 0. The van der Waals surface area contributed by atoms with E-state index in [9.17, 15) is 9.59 Å². The van der Waals surface area contributed by atoms with Gasteiger partial charge in [0.2, 0.25) is 0 Å². The van der Waals surface area contributed by atoms with Crippen LogP contribution < -0.4 is 0 Å². The van der Waals surface area contributed by atoms with E-state index in [4.69, 9.17) is 9.47 Å². The van der Waals surface area contributed by atoms with Crippen molar-refractivity contribution < 1.29 is 19.1 Å². The first-order chi connectivity index (χ1) is 13.6. The van der Waals surface area contributed by atoms with E-state index >= 15 is 0 Å². The molecule has 0 saturated carbocycles. The van der Waals surface area contributed by atoms with Crippen LogP contribution in [0.1, 0.15) is 130 Å². The number of esters is 2. The largest absolute Gasteiger partial charge is 0.466 e. The lowest BCUT2D eigenvalue weighted by Gasteiger charge is -2.18. The second-order valence-electron chi connectivity index (χ2n) is 7.95. The van der Waals surface area contributed by atoms with Gasteiger partial charge in [0.15, 0.2) is 0 Å². The summed E-state index contributed by atoms with van der Waals surface area (Å²) in [5.41, 5.74) is 0. The summed E-state index contributed by atoms with van der Waals surface area (Å²) in [5, 5.41) is 0. The second-order valence-corrected chi connectivity index (χ2v) is 7.95. The van der Waals surface area contributed by atoms with E-state index in [0.717, 1.165) is 57.8 Å². The zero-order chi connectivity index (χ0) is 20.9. The van der Waals surface area contributed by atoms with Crippen LogP contribution >= 0.6 is 0 Å². The molecule has 0 heterocycles. The smallest absolute Gasteiger partial charge is 0.306 e. The molecule has 1 unspecified atom stereocenters. The Labute approximate surface area is 174 Å². The Morgan fingerprint density at radius 1 is 0.607 bits per heavy atom. The molecule has 0 amide bonds. The van der Waals surface area contributed by atoms with Crippen molar-refractivity contribution in [1.29, 1.82) is 0 Å². The standard InChI is InChI=1S/C24H46O4/c1-4-7-10-12-14-19-23(25)27-21-16-18-22(17-9-6-3)28-24(26)20-15-13-11-8-5-2/h22H,4-21H2,1-3H3. The zero-order valence-electron chi connectivity index (χ0n) is 18.9. The van der Waals surface area contributed by atoms with Gasteiger partial charge in [-0.3, -0.25) is 9.59 Å². The molecular formula is C24H46O4. The Kier molecular flexibility index (Phi) is 19.9. The molecule has 0 aromatic rings. The molecule has 0 fully saturated rings. The van der Waals surface area contributed by atoms with Crippen molar-refractivity contribution in [1.82, 2.24) is 0 Å². The minimum Gasteiger partial charge on any atom is -0.466 e. The van der Waals surface area contributed by atoms with Crippen molar-refractivity contribution in [2.45, 2.75) is 136 Å². The van der Waals surface area contributed by atoms with E-state index < -0.39 is 0 Å². The number of hydrogen-bond acceptors (Lipinski definition) is 4. The van der Waals surface area contributed by atoms with Crippen LogP contribution in [-0.2, 0) is 19.1 Å². The fraction of sp³-hybridized carbons (Fsp3) is 0.917. The summed E-state index contributed by atoms with van der Waals surface area (Å²) in [7, 11) is 0. The van der Waals surface area contributed by atoms with Crippen LogP contribution in [0.5, 0.6) is 0 Å². The molecule has 166 valence electrons. The Balaban J connectivity index is 3.89. The summed E-state index contributed by atoms with van der Waals surface area (Å²) >= 11 is 0. The van der Waals surface area contributed by atoms with Crippen molar-refractivity contribution >= 4 is 11.9 Å². The highest BCUT2D eigenvalue weighted by Gasteiger charge is 2.14. The molecule has 0 aromatic carbocycles. The SMILES string of the molecule is CCCCCCCC(=O)OCCCC(CCCC)OC(=O)CCCCCCC. The first kappa shape index (κ1) is 26.9. The summed E-state index contributed by atoms with van der Waals surface area (Å²) in [6.07, 6.45) is 17.0. The van der Waals surface area contributed by atoms with Crippen LogP contribution in [0, 0.1) is 0 Å². The molecule has 0 bridgehead atoms. The maximum absolute atomic E-state index is 12.1. The minimum atomic E-state index is -0.0920. The molecule has 4 nitrogen and oxygen atoms in total. The summed E-state index contributed by atoms with van der Waals surface area (Å²) in [4.78, 5) is 23.8. The lowest BCUT2D eigenvalue weighted by Crippen LogP contribution is -2.19. The maximum atomic E-state index is 12.1. The maximum Gasteiger partial charge on any atom is 0.306 e. The topological polar surface area (TPSA) is 52.6 Å². The number of carbonyl (C=O) groups excluding carboxylic acids is 2. The monoisotopic (exact) mass is 398 g/mol. The van der Waals surface area contributed by atoms with Crippen LogP contribution in [0.15, 0.2) is 0 Å². The number of rotatable bonds is 20. The van der Waals surface area contributed by atoms with E-state index in [-0.39, 0.29) is 18.0 Å². The van der Waals surface area contributed by atoms with Gasteiger partial charge in [0.25, 0.3) is 0 Å². The second kappa shape index (κ2) is 20.7. The van der Waals surface area contributed by atoms with Gasteiger partial charge in [-0.15, -0.1) is 0 Å². The van der Waals surface area contributed by atoms with Crippen molar-refractivity contribution in [3.05, 3.63) is 0 Å². The van der Waals surface area contributed by atoms with Gasteiger partial charge in [-0.1, -0.05) is 85.0 Å². The Morgan fingerprint density at radius 3 is 1.68 bits per heavy atom. The Bertz CT molecular complexity index is 368. The summed E-state index contributed by atoms with van der Waals surface area (Å²) in [5.74, 6) is -0.160. The van der Waals surface area contributed by atoms with Gasteiger partial charge in [-0.25, -0.2) is 0 Å². The third-order valence-corrected chi connectivity index (χ3v) is 5.08. The predicted molar refractivity (Wildman–Crippen MR) is 116 cm³/mol. The predicted octanol–water partition coefficient (Wildman–Crippen LogP) is 7.13. The molecule has 28 heavy (non-hydrogen) atoms. The average Bonchev–Trinajstić information content (AvgIpc) is 2.68. The highest BCUT2D eigenvalue weighted by molar-refractivity contribution is 5.69. The lowest BCUT2D eigenvalue weighted by atomic mass is 10.1. The first-order valence-electron chi connectivity index (χ1n) is 12.0. The molecule has 1 atom stereocenters. The van der Waals surface area contributed by atoms with Gasteiger partial charge in [-0.05, 0) is 32.1 Å². The van der Waals surface area contributed by atoms with Crippen LogP contribution in [0.25, 0.3) is 0 Å². The average molecular weight is 399 g/mol. The van der Waals surface area contributed by atoms with Crippen molar-refractivity contribution in [3.8, 4) is 0 Å².